The van der Waals surface area contributed by atoms with Crippen LogP contribution in [0.4, 0.5) is 0 Å². The minimum absolute atomic E-state index is 0.549. The molecule has 6 heteroatoms. The zero-order valence-corrected chi connectivity index (χ0v) is 33.4. The summed E-state index contributed by atoms with van der Waals surface area (Å²) in [6, 6.07) is 68.5. The molecule has 61 heavy (non-hydrogen) atoms. The van der Waals surface area contributed by atoms with Crippen molar-refractivity contribution in [3.8, 4) is 51.0 Å². The molecule has 0 aliphatic heterocycles. The highest BCUT2D eigenvalue weighted by molar-refractivity contribution is 7.26. The van der Waals surface area contributed by atoms with Gasteiger partial charge in [0.1, 0.15) is 11.2 Å². The van der Waals surface area contributed by atoms with Crippen molar-refractivity contribution in [3.05, 3.63) is 194 Å². The Morgan fingerprint density at radius 3 is 1.93 bits per heavy atom. The van der Waals surface area contributed by atoms with Gasteiger partial charge in [-0.2, -0.15) is 0 Å². The third-order valence-electron chi connectivity index (χ3n) is 12.1. The molecule has 0 saturated carbocycles. The molecule has 284 valence electrons. The third-order valence-corrected chi connectivity index (χ3v) is 13.2. The maximum Gasteiger partial charge on any atom is 0.167 e. The summed E-state index contributed by atoms with van der Waals surface area (Å²) >= 11 is 1.80. The molecular weight excluding hydrogens is 765 g/mol. The molecule has 0 saturated heterocycles. The van der Waals surface area contributed by atoms with Crippen LogP contribution in [-0.4, -0.2) is 19.5 Å². The Hall–Kier alpha value is -7.93. The molecular formula is C55H32N4OS. The summed E-state index contributed by atoms with van der Waals surface area (Å²) in [7, 11) is 0. The molecule has 0 spiro atoms. The van der Waals surface area contributed by atoms with Gasteiger partial charge in [0.05, 0.1) is 27.8 Å². The Bertz CT molecular complexity index is 3880. The summed E-state index contributed by atoms with van der Waals surface area (Å²) in [6.45, 7) is 0. The predicted molar refractivity (Wildman–Crippen MR) is 254 cm³/mol. The lowest BCUT2D eigenvalue weighted by Gasteiger charge is -2.16. The number of thiophene rings is 1. The first kappa shape index (κ1) is 34.0. The van der Waals surface area contributed by atoms with Gasteiger partial charge in [-0.15, -0.1) is 11.3 Å². The molecule has 0 fully saturated rings. The van der Waals surface area contributed by atoms with E-state index in [0.29, 0.717) is 17.5 Å². The second-order valence-corrected chi connectivity index (χ2v) is 16.6. The topological polar surface area (TPSA) is 56.7 Å². The van der Waals surface area contributed by atoms with E-state index in [9.17, 15) is 0 Å². The van der Waals surface area contributed by atoms with Crippen molar-refractivity contribution in [3.63, 3.8) is 0 Å². The third kappa shape index (κ3) is 5.29. The number of rotatable bonds is 5. The first-order valence-corrected chi connectivity index (χ1v) is 21.2. The summed E-state index contributed by atoms with van der Waals surface area (Å²) in [4.78, 5) is 16.3. The average Bonchev–Trinajstić information content (AvgIpc) is 4.00. The van der Waals surface area contributed by atoms with Gasteiger partial charge >= 0.3 is 0 Å². The number of aromatic nitrogens is 4. The van der Waals surface area contributed by atoms with Crippen LogP contribution in [0.2, 0.25) is 0 Å². The Balaban J connectivity index is 1.15. The fourth-order valence-corrected chi connectivity index (χ4v) is 10.3. The van der Waals surface area contributed by atoms with Crippen LogP contribution in [0.3, 0.4) is 0 Å². The van der Waals surface area contributed by atoms with Gasteiger partial charge in [-0.05, 0) is 70.4 Å². The molecule has 0 radical (unpaired) electrons. The fraction of sp³-hybridized carbons (Fsp3) is 0. The van der Waals surface area contributed by atoms with Gasteiger partial charge in [0.2, 0.25) is 0 Å². The van der Waals surface area contributed by atoms with E-state index < -0.39 is 0 Å². The first-order valence-electron chi connectivity index (χ1n) is 20.4. The molecule has 0 atom stereocenters. The normalized spacial score (nSPS) is 11.9. The zero-order chi connectivity index (χ0) is 40.0. The van der Waals surface area contributed by atoms with E-state index >= 15 is 0 Å². The SMILES string of the molecule is c1ccc(-c2ccc(-c3nc(-c4cccc5c4oc4ccccc45)nc(-c4c(-n5c6ccccc6c6cc7ccccc7cc65)ccc5sc6ccccc6c45)n3)cc2)cc1. The standard InChI is InChI=1S/C55H32N4OS/c1-2-13-33(14-3-1)34-25-27-35(28-26-34)53-56-54(42-21-12-20-40-39-18-7-10-23-47(39)60-52(40)42)58-55(57-53)51-45(29-30-49-50(51)41-19-8-11-24-48(41)61-49)59-44-22-9-6-17-38(44)43-31-36-15-4-5-16-37(36)32-46(43)59/h1-32H. The smallest absolute Gasteiger partial charge is 0.167 e. The number of furan rings is 1. The van der Waals surface area contributed by atoms with E-state index in [1.54, 1.807) is 11.3 Å². The van der Waals surface area contributed by atoms with Crippen LogP contribution in [-0.2, 0) is 0 Å². The summed E-state index contributed by atoms with van der Waals surface area (Å²) < 4.78 is 11.4. The molecule has 5 nitrogen and oxygen atoms in total. The summed E-state index contributed by atoms with van der Waals surface area (Å²) in [5, 5.41) is 9.15. The minimum atomic E-state index is 0.549. The average molecular weight is 797 g/mol. The Morgan fingerprint density at radius 2 is 1.07 bits per heavy atom. The monoisotopic (exact) mass is 796 g/mol. The van der Waals surface area contributed by atoms with Gasteiger partial charge in [0.25, 0.3) is 0 Å². The van der Waals surface area contributed by atoms with Crippen molar-refractivity contribution in [1.29, 1.82) is 0 Å². The Labute approximate surface area is 353 Å². The van der Waals surface area contributed by atoms with E-state index in [2.05, 4.69) is 174 Å². The van der Waals surface area contributed by atoms with Crippen LogP contribution in [0.1, 0.15) is 0 Å². The van der Waals surface area contributed by atoms with Gasteiger partial charge in [-0.3, -0.25) is 0 Å². The number of hydrogen-bond acceptors (Lipinski definition) is 5. The van der Waals surface area contributed by atoms with E-state index in [0.717, 1.165) is 71.9 Å². The number of para-hydroxylation sites is 3. The fourth-order valence-electron chi connectivity index (χ4n) is 9.24. The van der Waals surface area contributed by atoms with Crippen LogP contribution in [0.15, 0.2) is 199 Å². The van der Waals surface area contributed by atoms with Crippen molar-refractivity contribution in [1.82, 2.24) is 19.5 Å². The first-order chi connectivity index (χ1) is 30.2. The highest BCUT2D eigenvalue weighted by Gasteiger charge is 2.25. The molecule has 0 amide bonds. The molecule has 13 aromatic rings. The van der Waals surface area contributed by atoms with Crippen molar-refractivity contribution < 1.29 is 4.42 Å². The number of hydrogen-bond donors (Lipinski definition) is 0. The molecule has 0 unspecified atom stereocenters. The Kier molecular flexibility index (Phi) is 7.41. The van der Waals surface area contributed by atoms with Crippen LogP contribution in [0, 0.1) is 0 Å². The maximum absolute atomic E-state index is 6.62. The van der Waals surface area contributed by atoms with E-state index in [4.69, 9.17) is 19.4 Å². The largest absolute Gasteiger partial charge is 0.455 e. The summed E-state index contributed by atoms with van der Waals surface area (Å²) in [5.74, 6) is 1.73. The number of fused-ring (bicyclic) bond motifs is 10. The van der Waals surface area contributed by atoms with Gasteiger partial charge in [-0.25, -0.2) is 15.0 Å². The molecule has 4 heterocycles. The lowest BCUT2D eigenvalue weighted by molar-refractivity contribution is 0.669. The van der Waals surface area contributed by atoms with E-state index in [1.165, 1.54) is 36.3 Å². The van der Waals surface area contributed by atoms with Crippen molar-refractivity contribution in [2.75, 3.05) is 0 Å². The summed E-state index contributed by atoms with van der Waals surface area (Å²) in [6.07, 6.45) is 0. The highest BCUT2D eigenvalue weighted by atomic mass is 32.1. The molecule has 0 bridgehead atoms. The van der Waals surface area contributed by atoms with Gasteiger partial charge in [-0.1, -0.05) is 146 Å². The van der Waals surface area contributed by atoms with Crippen LogP contribution in [0.25, 0.3) is 126 Å². The van der Waals surface area contributed by atoms with Gasteiger partial charge in [0, 0.05) is 47.3 Å². The highest BCUT2D eigenvalue weighted by Crippen LogP contribution is 2.46. The second kappa shape index (κ2) is 13.3. The van der Waals surface area contributed by atoms with Gasteiger partial charge in [0.15, 0.2) is 17.5 Å². The molecule has 0 N–H and O–H groups in total. The summed E-state index contributed by atoms with van der Waals surface area (Å²) in [5.41, 5.74) is 9.76. The van der Waals surface area contributed by atoms with Crippen molar-refractivity contribution >= 4 is 86.0 Å². The lowest BCUT2D eigenvalue weighted by atomic mass is 10.0. The van der Waals surface area contributed by atoms with Crippen molar-refractivity contribution in [2.24, 2.45) is 0 Å². The molecule has 0 aliphatic rings. The zero-order valence-electron chi connectivity index (χ0n) is 32.6. The number of benzene rings is 9. The Morgan fingerprint density at radius 1 is 0.410 bits per heavy atom. The van der Waals surface area contributed by atoms with Gasteiger partial charge < -0.3 is 8.98 Å². The van der Waals surface area contributed by atoms with Crippen LogP contribution in [0.5, 0.6) is 0 Å². The lowest BCUT2D eigenvalue weighted by Crippen LogP contribution is -2.04. The second-order valence-electron chi connectivity index (χ2n) is 15.5. The quantitative estimate of drug-likeness (QED) is 0.174. The van der Waals surface area contributed by atoms with Crippen LogP contribution >= 0.6 is 11.3 Å². The molecule has 0 aliphatic carbocycles. The van der Waals surface area contributed by atoms with E-state index in [-0.39, 0.29) is 0 Å². The van der Waals surface area contributed by atoms with Crippen molar-refractivity contribution in [2.45, 2.75) is 0 Å². The van der Waals surface area contributed by atoms with Crippen LogP contribution < -0.4 is 0 Å². The maximum atomic E-state index is 6.62. The molecule has 4 aromatic heterocycles. The predicted octanol–water partition coefficient (Wildman–Crippen LogP) is 15.1. The number of nitrogens with zero attached hydrogens (tertiary/aromatic N) is 4. The molecule has 9 aromatic carbocycles. The minimum Gasteiger partial charge on any atom is -0.455 e. The van der Waals surface area contributed by atoms with E-state index in [1.807, 2.05) is 24.3 Å². The molecule has 13 rings (SSSR count).